The van der Waals surface area contributed by atoms with Crippen LogP contribution in [-0.4, -0.2) is 23.3 Å². The van der Waals surface area contributed by atoms with E-state index in [0.29, 0.717) is 0 Å². The van der Waals surface area contributed by atoms with E-state index in [9.17, 15) is 4.79 Å². The molecule has 3 heteroatoms. The van der Waals surface area contributed by atoms with Crippen molar-refractivity contribution in [2.45, 2.75) is 6.92 Å². The molecule has 0 rings (SSSR count). The number of aliphatic carboxylic acids is 1. The van der Waals surface area contributed by atoms with Crippen LogP contribution in [0.25, 0.3) is 0 Å². The largest absolute Gasteiger partial charge is 0.478 e. The number of aliphatic hydroxyl groups is 1. The molecule has 0 bridgehead atoms. The average Bonchev–Trinajstić information content (AvgIpc) is 1.72. The summed E-state index contributed by atoms with van der Waals surface area (Å²) in [5.41, 5.74) is 0.176. The van der Waals surface area contributed by atoms with Crippen molar-refractivity contribution in [2.75, 3.05) is 7.11 Å². The van der Waals surface area contributed by atoms with Gasteiger partial charge in [0.05, 0.1) is 0 Å². The molecule has 0 saturated carbocycles. The zero-order chi connectivity index (χ0) is 7.15. The molecule has 0 unspecified atom stereocenters. The van der Waals surface area contributed by atoms with Crippen molar-refractivity contribution >= 4 is 5.97 Å². The highest BCUT2D eigenvalue weighted by atomic mass is 16.4. The van der Waals surface area contributed by atoms with Crippen LogP contribution < -0.4 is 0 Å². The Hall–Kier alpha value is -0.830. The highest BCUT2D eigenvalue weighted by Crippen LogP contribution is 1.81. The molecule has 0 aromatic heterocycles. The topological polar surface area (TPSA) is 57.5 Å². The summed E-state index contributed by atoms with van der Waals surface area (Å²) in [7, 11) is 1.00. The van der Waals surface area contributed by atoms with E-state index in [-0.39, 0.29) is 5.57 Å². The van der Waals surface area contributed by atoms with Gasteiger partial charge in [-0.05, 0) is 6.92 Å². The van der Waals surface area contributed by atoms with Gasteiger partial charge >= 0.3 is 5.97 Å². The summed E-state index contributed by atoms with van der Waals surface area (Å²) in [6.45, 7) is 4.60. The highest BCUT2D eigenvalue weighted by molar-refractivity contribution is 5.84. The van der Waals surface area contributed by atoms with Crippen LogP contribution >= 0.6 is 0 Å². The van der Waals surface area contributed by atoms with E-state index in [2.05, 4.69) is 6.58 Å². The van der Waals surface area contributed by atoms with E-state index in [4.69, 9.17) is 10.2 Å². The maximum absolute atomic E-state index is 9.60. The van der Waals surface area contributed by atoms with Crippen LogP contribution in [-0.2, 0) is 4.79 Å². The number of carboxylic acid groups (broad SMARTS) is 1. The maximum Gasteiger partial charge on any atom is 0.330 e. The molecular formula is C5H10O3. The van der Waals surface area contributed by atoms with Gasteiger partial charge in [-0.3, -0.25) is 0 Å². The van der Waals surface area contributed by atoms with E-state index in [1.54, 1.807) is 0 Å². The molecule has 3 nitrogen and oxygen atoms in total. The van der Waals surface area contributed by atoms with Crippen molar-refractivity contribution in [3.63, 3.8) is 0 Å². The molecule has 0 aliphatic heterocycles. The van der Waals surface area contributed by atoms with Gasteiger partial charge in [0.15, 0.2) is 0 Å². The summed E-state index contributed by atoms with van der Waals surface area (Å²) in [5.74, 6) is -0.935. The van der Waals surface area contributed by atoms with E-state index in [0.717, 1.165) is 7.11 Å². The lowest BCUT2D eigenvalue weighted by Crippen LogP contribution is -1.92. The van der Waals surface area contributed by atoms with Crippen molar-refractivity contribution in [1.82, 2.24) is 0 Å². The lowest BCUT2D eigenvalue weighted by atomic mass is 10.4. The van der Waals surface area contributed by atoms with Gasteiger partial charge in [-0.25, -0.2) is 4.79 Å². The van der Waals surface area contributed by atoms with Gasteiger partial charge < -0.3 is 10.2 Å². The van der Waals surface area contributed by atoms with E-state index in [1.807, 2.05) is 0 Å². The van der Waals surface area contributed by atoms with Gasteiger partial charge in [0.2, 0.25) is 0 Å². The number of hydrogen-bond acceptors (Lipinski definition) is 2. The standard InChI is InChI=1S/C4H6O2.CH4O/c1-3(2)4(5)6;1-2/h1H2,2H3,(H,5,6);2H,1H3. The Balaban J connectivity index is 0. The van der Waals surface area contributed by atoms with Crippen molar-refractivity contribution < 1.29 is 15.0 Å². The summed E-state index contributed by atoms with van der Waals surface area (Å²) in [6.07, 6.45) is 0. The second kappa shape index (κ2) is 6.17. The highest BCUT2D eigenvalue weighted by Gasteiger charge is 1.90. The summed E-state index contributed by atoms with van der Waals surface area (Å²) >= 11 is 0. The van der Waals surface area contributed by atoms with Gasteiger partial charge in [-0.15, -0.1) is 0 Å². The Labute approximate surface area is 48.3 Å². The van der Waals surface area contributed by atoms with Gasteiger partial charge in [-0.2, -0.15) is 0 Å². The summed E-state index contributed by atoms with van der Waals surface area (Å²) < 4.78 is 0. The molecule has 0 aromatic carbocycles. The third kappa shape index (κ3) is 8.95. The van der Waals surface area contributed by atoms with Crippen LogP contribution in [0.3, 0.4) is 0 Å². The number of aliphatic hydroxyl groups excluding tert-OH is 1. The summed E-state index contributed by atoms with van der Waals surface area (Å²) in [4.78, 5) is 9.60. The molecule has 0 aliphatic carbocycles. The molecule has 0 amide bonds. The average molecular weight is 118 g/mol. The van der Waals surface area contributed by atoms with Crippen molar-refractivity contribution in [2.24, 2.45) is 0 Å². The Kier molecular flexibility index (Phi) is 7.88. The Morgan fingerprint density at radius 2 is 1.62 bits per heavy atom. The van der Waals surface area contributed by atoms with Gasteiger partial charge in [0.25, 0.3) is 0 Å². The molecule has 0 heterocycles. The van der Waals surface area contributed by atoms with Crippen LogP contribution in [0.2, 0.25) is 0 Å². The van der Waals surface area contributed by atoms with E-state index < -0.39 is 5.97 Å². The number of carbonyl (C=O) groups is 1. The van der Waals surface area contributed by atoms with E-state index in [1.165, 1.54) is 6.92 Å². The van der Waals surface area contributed by atoms with Crippen LogP contribution in [0.15, 0.2) is 12.2 Å². The molecule has 48 valence electrons. The van der Waals surface area contributed by atoms with Gasteiger partial charge in [-0.1, -0.05) is 6.58 Å². The van der Waals surface area contributed by atoms with Crippen molar-refractivity contribution in [3.8, 4) is 0 Å². The second-order valence-corrected chi connectivity index (χ2v) is 1.09. The monoisotopic (exact) mass is 118 g/mol. The molecule has 0 radical (unpaired) electrons. The van der Waals surface area contributed by atoms with Crippen molar-refractivity contribution in [1.29, 1.82) is 0 Å². The minimum absolute atomic E-state index is 0.176. The SMILES string of the molecule is C=C(C)C(=O)O.CO. The lowest BCUT2D eigenvalue weighted by Gasteiger charge is -1.79. The minimum atomic E-state index is -0.935. The third-order valence-electron chi connectivity index (χ3n) is 0.365. The zero-order valence-corrected chi connectivity index (χ0v) is 5.01. The predicted molar refractivity (Wildman–Crippen MR) is 30.6 cm³/mol. The minimum Gasteiger partial charge on any atom is -0.478 e. The quantitative estimate of drug-likeness (QED) is 0.485. The molecule has 8 heavy (non-hydrogen) atoms. The first kappa shape index (κ1) is 10.2. The normalized spacial score (nSPS) is 6.38. The molecule has 0 aromatic rings. The van der Waals surface area contributed by atoms with Crippen LogP contribution in [0, 0.1) is 0 Å². The van der Waals surface area contributed by atoms with Gasteiger partial charge in [0.1, 0.15) is 0 Å². The van der Waals surface area contributed by atoms with E-state index >= 15 is 0 Å². The number of hydrogen-bond donors (Lipinski definition) is 2. The lowest BCUT2D eigenvalue weighted by molar-refractivity contribution is -0.132. The maximum atomic E-state index is 9.60. The molecule has 0 saturated heterocycles. The number of rotatable bonds is 1. The fourth-order valence-corrected chi connectivity index (χ4v) is 0. The Morgan fingerprint density at radius 1 is 1.50 bits per heavy atom. The third-order valence-corrected chi connectivity index (χ3v) is 0.365. The first-order valence-corrected chi connectivity index (χ1v) is 1.98. The fourth-order valence-electron chi connectivity index (χ4n) is 0. The van der Waals surface area contributed by atoms with Crippen molar-refractivity contribution in [3.05, 3.63) is 12.2 Å². The smallest absolute Gasteiger partial charge is 0.330 e. The molecule has 0 atom stereocenters. The second-order valence-electron chi connectivity index (χ2n) is 1.09. The van der Waals surface area contributed by atoms with Crippen LogP contribution in [0.4, 0.5) is 0 Å². The summed E-state index contributed by atoms with van der Waals surface area (Å²) in [5, 5.41) is 14.9. The van der Waals surface area contributed by atoms with Gasteiger partial charge in [0, 0.05) is 12.7 Å². The van der Waals surface area contributed by atoms with Crippen LogP contribution in [0.5, 0.6) is 0 Å². The summed E-state index contributed by atoms with van der Waals surface area (Å²) in [6, 6.07) is 0. The first-order valence-electron chi connectivity index (χ1n) is 1.98. The molecular weight excluding hydrogens is 108 g/mol. The zero-order valence-electron chi connectivity index (χ0n) is 5.01. The molecule has 2 N–H and O–H groups in total. The first-order chi connectivity index (χ1) is 3.64. The Bertz CT molecular complexity index is 73.7. The fraction of sp³-hybridized carbons (Fsp3) is 0.400. The molecule has 0 fully saturated rings. The predicted octanol–water partition coefficient (Wildman–Crippen LogP) is 0.256. The molecule has 0 aliphatic rings. The molecule has 0 spiro atoms. The Morgan fingerprint density at radius 3 is 1.62 bits per heavy atom. The number of carboxylic acids is 1. The van der Waals surface area contributed by atoms with Crippen LogP contribution in [0.1, 0.15) is 6.92 Å².